The first kappa shape index (κ1) is 8.60. The molecule has 0 radical (unpaired) electrons. The highest BCUT2D eigenvalue weighted by Crippen LogP contribution is 2.22. The van der Waals surface area contributed by atoms with Crippen LogP contribution in [0.1, 0.15) is 6.42 Å². The molecular formula is C13H14N2. The first-order chi connectivity index (χ1) is 7.43. The van der Waals surface area contributed by atoms with Crippen LogP contribution in [0.15, 0.2) is 42.5 Å². The predicted octanol–water partition coefficient (Wildman–Crippen LogP) is 2.93. The third kappa shape index (κ3) is 1.52. The van der Waals surface area contributed by atoms with E-state index in [2.05, 4.69) is 52.4 Å². The maximum atomic E-state index is 3.46. The molecule has 0 atom stereocenters. The van der Waals surface area contributed by atoms with Crippen molar-refractivity contribution in [1.82, 2.24) is 4.98 Å². The average molecular weight is 198 g/mol. The van der Waals surface area contributed by atoms with Gasteiger partial charge in [0.05, 0.1) is 0 Å². The largest absolute Gasteiger partial charge is 0.354 e. The molecule has 0 unspecified atom stereocenters. The second-order valence-electron chi connectivity index (χ2n) is 3.95. The predicted molar refractivity (Wildman–Crippen MR) is 64.3 cm³/mol. The molecule has 1 aliphatic heterocycles. The highest BCUT2D eigenvalue weighted by Gasteiger charge is 2.09. The molecule has 0 aliphatic carbocycles. The maximum Gasteiger partial charge on any atom is 0.107 e. The number of anilines is 1. The fourth-order valence-electron chi connectivity index (χ4n) is 2.09. The van der Waals surface area contributed by atoms with Crippen molar-refractivity contribution in [3.05, 3.63) is 42.5 Å². The number of aromatic nitrogens is 1. The minimum atomic E-state index is 1.02. The van der Waals surface area contributed by atoms with E-state index in [0.717, 1.165) is 19.5 Å². The van der Waals surface area contributed by atoms with Crippen molar-refractivity contribution in [2.45, 2.75) is 6.42 Å². The van der Waals surface area contributed by atoms with Crippen LogP contribution in [-0.2, 0) is 0 Å². The van der Waals surface area contributed by atoms with Gasteiger partial charge in [0.25, 0.3) is 0 Å². The Labute approximate surface area is 89.2 Å². The zero-order valence-electron chi connectivity index (χ0n) is 8.61. The van der Waals surface area contributed by atoms with E-state index in [1.165, 1.54) is 16.7 Å². The van der Waals surface area contributed by atoms with Crippen LogP contribution in [0.5, 0.6) is 0 Å². The van der Waals surface area contributed by atoms with Gasteiger partial charge in [0.2, 0.25) is 0 Å². The number of rotatable bonds is 1. The molecule has 2 nitrogen and oxygen atoms in total. The van der Waals surface area contributed by atoms with Gasteiger partial charge in [0, 0.05) is 24.0 Å². The second-order valence-corrected chi connectivity index (χ2v) is 3.95. The molecule has 0 fully saturated rings. The SMILES string of the molecule is C1=CCN(c2cc3ccccc3[nH]2)CC1. The molecule has 1 aromatic carbocycles. The van der Waals surface area contributed by atoms with Gasteiger partial charge in [-0.2, -0.15) is 0 Å². The maximum absolute atomic E-state index is 3.46. The van der Waals surface area contributed by atoms with Crippen LogP contribution >= 0.6 is 0 Å². The number of H-pyrrole nitrogens is 1. The standard InChI is InChI=1S/C13H14N2/c1-4-8-15(9-5-1)13-10-11-6-2-3-7-12(11)14-13/h1-4,6-7,10,14H,5,8-9H2. The van der Waals surface area contributed by atoms with Crippen LogP contribution in [0.3, 0.4) is 0 Å². The van der Waals surface area contributed by atoms with Gasteiger partial charge >= 0.3 is 0 Å². The van der Waals surface area contributed by atoms with Crippen molar-refractivity contribution >= 4 is 16.7 Å². The zero-order valence-corrected chi connectivity index (χ0v) is 8.61. The third-order valence-electron chi connectivity index (χ3n) is 2.91. The van der Waals surface area contributed by atoms with Gasteiger partial charge in [0.1, 0.15) is 5.82 Å². The Balaban J connectivity index is 2.00. The molecule has 2 heterocycles. The Bertz CT molecular complexity index is 463. The van der Waals surface area contributed by atoms with Gasteiger partial charge in [-0.05, 0) is 18.6 Å². The average Bonchev–Trinajstić information content (AvgIpc) is 2.74. The van der Waals surface area contributed by atoms with E-state index in [-0.39, 0.29) is 0 Å². The minimum absolute atomic E-state index is 1.02. The van der Waals surface area contributed by atoms with Crippen molar-refractivity contribution in [3.63, 3.8) is 0 Å². The van der Waals surface area contributed by atoms with E-state index in [1.807, 2.05) is 0 Å². The molecular weight excluding hydrogens is 184 g/mol. The Morgan fingerprint density at radius 1 is 1.13 bits per heavy atom. The molecule has 1 N–H and O–H groups in total. The summed E-state index contributed by atoms with van der Waals surface area (Å²) in [5, 5.41) is 1.29. The van der Waals surface area contributed by atoms with Gasteiger partial charge < -0.3 is 9.88 Å². The lowest BCUT2D eigenvalue weighted by Gasteiger charge is -2.23. The Morgan fingerprint density at radius 3 is 2.87 bits per heavy atom. The number of benzene rings is 1. The van der Waals surface area contributed by atoms with Crippen LogP contribution < -0.4 is 4.90 Å². The topological polar surface area (TPSA) is 19.0 Å². The summed E-state index contributed by atoms with van der Waals surface area (Å²) in [5.41, 5.74) is 1.22. The van der Waals surface area contributed by atoms with Gasteiger partial charge in [-0.1, -0.05) is 30.4 Å². The van der Waals surface area contributed by atoms with Gasteiger partial charge in [0.15, 0.2) is 0 Å². The molecule has 3 rings (SSSR count). The van der Waals surface area contributed by atoms with Crippen molar-refractivity contribution in [2.24, 2.45) is 0 Å². The Morgan fingerprint density at radius 2 is 2.07 bits per heavy atom. The lowest BCUT2D eigenvalue weighted by Crippen LogP contribution is -2.26. The molecule has 1 aromatic heterocycles. The number of para-hydroxylation sites is 1. The quantitative estimate of drug-likeness (QED) is 0.698. The number of nitrogens with zero attached hydrogens (tertiary/aromatic N) is 1. The molecule has 0 spiro atoms. The number of hydrogen-bond acceptors (Lipinski definition) is 1. The van der Waals surface area contributed by atoms with Crippen molar-refractivity contribution < 1.29 is 0 Å². The van der Waals surface area contributed by atoms with Crippen molar-refractivity contribution in [2.75, 3.05) is 18.0 Å². The number of nitrogens with one attached hydrogen (secondary N) is 1. The molecule has 15 heavy (non-hydrogen) atoms. The summed E-state index contributed by atoms with van der Waals surface area (Å²) in [6.07, 6.45) is 5.63. The molecule has 0 bridgehead atoms. The molecule has 76 valence electrons. The molecule has 0 saturated heterocycles. The van der Waals surface area contributed by atoms with E-state index >= 15 is 0 Å². The molecule has 0 saturated carbocycles. The normalized spacial score (nSPS) is 16.1. The first-order valence-corrected chi connectivity index (χ1v) is 5.41. The Hall–Kier alpha value is -1.70. The summed E-state index contributed by atoms with van der Waals surface area (Å²) in [5.74, 6) is 1.24. The van der Waals surface area contributed by atoms with Gasteiger partial charge in [-0.25, -0.2) is 0 Å². The van der Waals surface area contributed by atoms with Crippen LogP contribution in [-0.4, -0.2) is 18.1 Å². The summed E-state index contributed by atoms with van der Waals surface area (Å²) in [6.45, 7) is 2.14. The highest BCUT2D eigenvalue weighted by molar-refractivity contribution is 5.84. The van der Waals surface area contributed by atoms with Crippen LogP contribution in [0.4, 0.5) is 5.82 Å². The number of aromatic amines is 1. The van der Waals surface area contributed by atoms with Crippen LogP contribution in [0.25, 0.3) is 10.9 Å². The minimum Gasteiger partial charge on any atom is -0.354 e. The number of hydrogen-bond donors (Lipinski definition) is 1. The fraction of sp³-hybridized carbons (Fsp3) is 0.231. The number of fused-ring (bicyclic) bond motifs is 1. The Kier molecular flexibility index (Phi) is 1.98. The summed E-state index contributed by atoms with van der Waals surface area (Å²) in [6, 6.07) is 10.6. The molecule has 1 aliphatic rings. The molecule has 2 heteroatoms. The molecule has 0 amide bonds. The monoisotopic (exact) mass is 198 g/mol. The zero-order chi connectivity index (χ0) is 10.1. The summed E-state index contributed by atoms with van der Waals surface area (Å²) >= 11 is 0. The van der Waals surface area contributed by atoms with E-state index in [9.17, 15) is 0 Å². The fourth-order valence-corrected chi connectivity index (χ4v) is 2.09. The third-order valence-corrected chi connectivity index (χ3v) is 2.91. The first-order valence-electron chi connectivity index (χ1n) is 5.41. The van der Waals surface area contributed by atoms with Crippen LogP contribution in [0.2, 0.25) is 0 Å². The van der Waals surface area contributed by atoms with E-state index in [0.29, 0.717) is 0 Å². The van der Waals surface area contributed by atoms with Gasteiger partial charge in [-0.3, -0.25) is 0 Å². The highest BCUT2D eigenvalue weighted by atomic mass is 15.2. The summed E-state index contributed by atoms with van der Waals surface area (Å²) in [7, 11) is 0. The van der Waals surface area contributed by atoms with E-state index < -0.39 is 0 Å². The summed E-state index contributed by atoms with van der Waals surface area (Å²) < 4.78 is 0. The second kappa shape index (κ2) is 3.46. The van der Waals surface area contributed by atoms with Crippen molar-refractivity contribution in [1.29, 1.82) is 0 Å². The lowest BCUT2D eigenvalue weighted by molar-refractivity contribution is 0.811. The van der Waals surface area contributed by atoms with Crippen molar-refractivity contribution in [3.8, 4) is 0 Å². The smallest absolute Gasteiger partial charge is 0.107 e. The van der Waals surface area contributed by atoms with E-state index in [1.54, 1.807) is 0 Å². The lowest BCUT2D eigenvalue weighted by atomic mass is 10.2. The van der Waals surface area contributed by atoms with E-state index in [4.69, 9.17) is 0 Å². The van der Waals surface area contributed by atoms with Crippen LogP contribution in [0, 0.1) is 0 Å². The molecule has 2 aromatic rings. The summed E-state index contributed by atoms with van der Waals surface area (Å²) in [4.78, 5) is 5.83. The van der Waals surface area contributed by atoms with Gasteiger partial charge in [-0.15, -0.1) is 0 Å².